The molecule has 0 unspecified atom stereocenters. The summed E-state index contributed by atoms with van der Waals surface area (Å²) in [6.45, 7) is 0.921. The van der Waals surface area contributed by atoms with E-state index in [0.717, 1.165) is 71.9 Å². The van der Waals surface area contributed by atoms with Gasteiger partial charge in [0.1, 0.15) is 5.82 Å². The van der Waals surface area contributed by atoms with Crippen LogP contribution in [0.25, 0.3) is 10.9 Å². The molecule has 4 rings (SSSR count). The highest BCUT2D eigenvalue weighted by Crippen LogP contribution is 2.26. The molecule has 3 aromatic rings. The lowest BCUT2D eigenvalue weighted by Gasteiger charge is -2.30. The molecular formula is C24H29Cl2N5. The molecule has 0 atom stereocenters. The summed E-state index contributed by atoms with van der Waals surface area (Å²) < 4.78 is 0. The second kappa shape index (κ2) is 10.0. The molecule has 164 valence electrons. The molecule has 2 N–H and O–H groups in total. The van der Waals surface area contributed by atoms with E-state index in [-0.39, 0.29) is 0 Å². The van der Waals surface area contributed by atoms with E-state index >= 15 is 0 Å². The van der Waals surface area contributed by atoms with Crippen LogP contribution in [0.5, 0.6) is 0 Å². The highest BCUT2D eigenvalue weighted by atomic mass is 35.5. The summed E-state index contributed by atoms with van der Waals surface area (Å²) >= 11 is 12.3. The number of halogens is 2. The van der Waals surface area contributed by atoms with Crippen LogP contribution in [0, 0.1) is 0 Å². The Morgan fingerprint density at radius 2 is 1.71 bits per heavy atom. The van der Waals surface area contributed by atoms with Gasteiger partial charge in [0.15, 0.2) is 0 Å². The zero-order valence-electron chi connectivity index (χ0n) is 18.0. The van der Waals surface area contributed by atoms with E-state index in [4.69, 9.17) is 33.2 Å². The Kier molecular flexibility index (Phi) is 7.16. The lowest BCUT2D eigenvalue weighted by atomic mass is 9.91. The van der Waals surface area contributed by atoms with Gasteiger partial charge in [0.2, 0.25) is 5.95 Å². The number of fused-ring (bicyclic) bond motifs is 1. The topological polar surface area (TPSA) is 53.1 Å². The summed E-state index contributed by atoms with van der Waals surface area (Å²) in [5, 5.41) is 9.77. The molecule has 7 heteroatoms. The number of rotatable bonds is 7. The first-order valence-corrected chi connectivity index (χ1v) is 11.6. The molecule has 1 saturated carbocycles. The van der Waals surface area contributed by atoms with Gasteiger partial charge in [0.25, 0.3) is 0 Å². The maximum absolute atomic E-state index is 6.28. The number of benzene rings is 2. The zero-order chi connectivity index (χ0) is 21.8. The molecule has 0 aliphatic heterocycles. The highest BCUT2D eigenvalue weighted by molar-refractivity contribution is 6.35. The van der Waals surface area contributed by atoms with Crippen molar-refractivity contribution < 1.29 is 0 Å². The predicted molar refractivity (Wildman–Crippen MR) is 132 cm³/mol. The molecule has 0 amide bonds. The van der Waals surface area contributed by atoms with Crippen molar-refractivity contribution in [2.45, 2.75) is 44.2 Å². The third-order valence-corrected chi connectivity index (χ3v) is 6.50. The van der Waals surface area contributed by atoms with E-state index in [0.29, 0.717) is 17.1 Å². The summed E-state index contributed by atoms with van der Waals surface area (Å²) in [5.74, 6) is 1.67. The van der Waals surface area contributed by atoms with E-state index in [9.17, 15) is 0 Å². The van der Waals surface area contributed by atoms with Gasteiger partial charge in [-0.2, -0.15) is 4.98 Å². The minimum atomic E-state index is 0.403. The van der Waals surface area contributed by atoms with Crippen LogP contribution in [0.2, 0.25) is 10.0 Å². The zero-order valence-corrected chi connectivity index (χ0v) is 19.5. The third-order valence-electron chi connectivity index (χ3n) is 5.91. The number of hydrogen-bond acceptors (Lipinski definition) is 5. The predicted octanol–water partition coefficient (Wildman–Crippen LogP) is 5.56. The maximum Gasteiger partial charge on any atom is 0.225 e. The minimum absolute atomic E-state index is 0.403. The monoisotopic (exact) mass is 457 g/mol. The van der Waals surface area contributed by atoms with Crippen molar-refractivity contribution in [1.82, 2.24) is 15.3 Å². The Hall–Kier alpha value is -2.08. The van der Waals surface area contributed by atoms with Gasteiger partial charge in [-0.25, -0.2) is 4.98 Å². The molecule has 1 aliphatic rings. The van der Waals surface area contributed by atoms with E-state index < -0.39 is 0 Å². The number of hydrogen-bond donors (Lipinski definition) is 2. The van der Waals surface area contributed by atoms with Crippen LogP contribution < -0.4 is 15.5 Å². The number of aromatic nitrogens is 2. The molecule has 1 heterocycles. The fourth-order valence-corrected chi connectivity index (χ4v) is 4.73. The first-order valence-electron chi connectivity index (χ1n) is 10.9. The highest BCUT2D eigenvalue weighted by Gasteiger charge is 2.22. The van der Waals surface area contributed by atoms with Crippen LogP contribution in [-0.2, 0) is 6.42 Å². The van der Waals surface area contributed by atoms with Crippen molar-refractivity contribution in [3.63, 3.8) is 0 Å². The third kappa shape index (κ3) is 5.59. The Labute approximate surface area is 194 Å². The second-order valence-corrected chi connectivity index (χ2v) is 9.26. The van der Waals surface area contributed by atoms with Gasteiger partial charge in [0, 0.05) is 41.6 Å². The van der Waals surface area contributed by atoms with Crippen LogP contribution in [-0.4, -0.2) is 42.7 Å². The number of nitrogens with zero attached hydrogens (tertiary/aromatic N) is 3. The van der Waals surface area contributed by atoms with Crippen LogP contribution in [0.15, 0.2) is 42.5 Å². The van der Waals surface area contributed by atoms with Crippen molar-refractivity contribution in [3.8, 4) is 0 Å². The largest absolute Gasteiger partial charge is 0.362 e. The molecule has 1 aromatic heterocycles. The van der Waals surface area contributed by atoms with Crippen molar-refractivity contribution in [2.75, 3.05) is 30.9 Å². The summed E-state index contributed by atoms with van der Waals surface area (Å²) in [6, 6.07) is 14.8. The number of para-hydroxylation sites is 1. The van der Waals surface area contributed by atoms with Gasteiger partial charge in [-0.05, 0) is 68.5 Å². The molecular weight excluding hydrogens is 429 g/mol. The number of nitrogens with one attached hydrogen (secondary N) is 2. The molecule has 1 fully saturated rings. The van der Waals surface area contributed by atoms with Gasteiger partial charge in [-0.3, -0.25) is 0 Å². The molecule has 0 saturated heterocycles. The van der Waals surface area contributed by atoms with Gasteiger partial charge in [0.05, 0.1) is 5.52 Å². The Bertz CT molecular complexity index is 1030. The first-order chi connectivity index (χ1) is 15.0. The normalized spacial score (nSPS) is 18.8. The van der Waals surface area contributed by atoms with Crippen molar-refractivity contribution >= 4 is 45.9 Å². The molecule has 0 radical (unpaired) electrons. The molecule has 2 aromatic carbocycles. The van der Waals surface area contributed by atoms with Crippen LogP contribution in [0.4, 0.5) is 11.8 Å². The molecule has 31 heavy (non-hydrogen) atoms. The van der Waals surface area contributed by atoms with Gasteiger partial charge in [-0.15, -0.1) is 0 Å². The van der Waals surface area contributed by atoms with Crippen LogP contribution >= 0.6 is 23.2 Å². The molecule has 1 aliphatic carbocycles. The fraction of sp³-hybridized carbons (Fsp3) is 0.417. The van der Waals surface area contributed by atoms with Gasteiger partial charge < -0.3 is 15.5 Å². The average molecular weight is 458 g/mol. The maximum atomic E-state index is 6.28. The van der Waals surface area contributed by atoms with Crippen molar-refractivity contribution in [2.24, 2.45) is 0 Å². The SMILES string of the molecule is CN(C)c1nc(NC2CCC(NCCc3ccc(Cl)cc3Cl)CC2)nc2ccccc12. The van der Waals surface area contributed by atoms with Gasteiger partial charge >= 0.3 is 0 Å². The summed E-state index contributed by atoms with van der Waals surface area (Å²) in [4.78, 5) is 11.6. The van der Waals surface area contributed by atoms with E-state index in [1.54, 1.807) is 0 Å². The number of anilines is 2. The Morgan fingerprint density at radius 1 is 0.968 bits per heavy atom. The first kappa shape index (κ1) is 22.1. The smallest absolute Gasteiger partial charge is 0.225 e. The molecule has 0 bridgehead atoms. The van der Waals surface area contributed by atoms with Crippen molar-refractivity contribution in [3.05, 3.63) is 58.1 Å². The standard InChI is InChI=1S/C24H29Cl2N5/c1-31(2)23-20-5-3-4-6-22(20)29-24(30-23)28-19-11-9-18(10-12-19)27-14-13-16-7-8-17(25)15-21(16)26/h3-8,15,18-19,27H,9-14H2,1-2H3,(H,28,29,30). The van der Waals surface area contributed by atoms with Crippen LogP contribution in [0.3, 0.4) is 0 Å². The minimum Gasteiger partial charge on any atom is -0.362 e. The summed E-state index contributed by atoms with van der Waals surface area (Å²) in [7, 11) is 4.04. The Balaban J connectivity index is 1.29. The van der Waals surface area contributed by atoms with Crippen LogP contribution in [0.1, 0.15) is 31.2 Å². The van der Waals surface area contributed by atoms with E-state index in [2.05, 4.69) is 16.7 Å². The lowest BCUT2D eigenvalue weighted by Crippen LogP contribution is -2.38. The molecule has 0 spiro atoms. The fourth-order valence-electron chi connectivity index (χ4n) is 4.23. The second-order valence-electron chi connectivity index (χ2n) is 8.42. The Morgan fingerprint density at radius 3 is 2.45 bits per heavy atom. The van der Waals surface area contributed by atoms with E-state index in [1.165, 1.54) is 0 Å². The quantitative estimate of drug-likeness (QED) is 0.486. The van der Waals surface area contributed by atoms with E-state index in [1.807, 2.05) is 55.4 Å². The molecule has 5 nitrogen and oxygen atoms in total. The summed E-state index contributed by atoms with van der Waals surface area (Å²) in [5.41, 5.74) is 2.11. The average Bonchev–Trinajstić information content (AvgIpc) is 2.76. The van der Waals surface area contributed by atoms with Gasteiger partial charge in [-0.1, -0.05) is 41.4 Å². The van der Waals surface area contributed by atoms with Crippen molar-refractivity contribution in [1.29, 1.82) is 0 Å². The lowest BCUT2D eigenvalue weighted by molar-refractivity contribution is 0.355. The summed E-state index contributed by atoms with van der Waals surface area (Å²) in [6.07, 6.45) is 5.40.